The average molecular weight is 284 g/mol. The summed E-state index contributed by atoms with van der Waals surface area (Å²) in [6.07, 6.45) is 5.93. The molecule has 0 amide bonds. The molecule has 4 unspecified atom stereocenters. The van der Waals surface area contributed by atoms with Crippen molar-refractivity contribution in [2.45, 2.75) is 44.8 Å². The Hall–Kier alpha value is -0.160. The number of methoxy groups -OCH3 is 2. The molecular formula is C16H32N2O2. The van der Waals surface area contributed by atoms with Gasteiger partial charge >= 0.3 is 0 Å². The van der Waals surface area contributed by atoms with E-state index in [4.69, 9.17) is 9.47 Å². The SMILES string of the molecule is CNCC1(CN2CC(OC)C(OC)C2)CCCC(C)C1. The van der Waals surface area contributed by atoms with E-state index < -0.39 is 0 Å². The molecule has 1 aliphatic carbocycles. The maximum atomic E-state index is 5.57. The number of likely N-dealkylation sites (tertiary alicyclic amines) is 1. The van der Waals surface area contributed by atoms with Crippen molar-refractivity contribution < 1.29 is 9.47 Å². The molecule has 1 N–H and O–H groups in total. The van der Waals surface area contributed by atoms with E-state index in [1.807, 2.05) is 0 Å². The Balaban J connectivity index is 1.98. The Labute approximate surface area is 124 Å². The smallest absolute Gasteiger partial charge is 0.0971 e. The molecule has 2 rings (SSSR count). The van der Waals surface area contributed by atoms with Gasteiger partial charge < -0.3 is 14.8 Å². The van der Waals surface area contributed by atoms with Crippen LogP contribution in [-0.4, -0.2) is 64.6 Å². The second-order valence-electron chi connectivity index (χ2n) is 6.97. The van der Waals surface area contributed by atoms with Crippen molar-refractivity contribution in [3.05, 3.63) is 0 Å². The second kappa shape index (κ2) is 7.21. The normalized spacial score (nSPS) is 39.3. The molecule has 20 heavy (non-hydrogen) atoms. The molecule has 118 valence electrons. The van der Waals surface area contributed by atoms with E-state index >= 15 is 0 Å². The van der Waals surface area contributed by atoms with Gasteiger partial charge in [0.1, 0.15) is 0 Å². The number of rotatable bonds is 6. The molecule has 4 heteroatoms. The van der Waals surface area contributed by atoms with Gasteiger partial charge in [0.15, 0.2) is 0 Å². The van der Waals surface area contributed by atoms with Crippen LogP contribution in [0.2, 0.25) is 0 Å². The summed E-state index contributed by atoms with van der Waals surface area (Å²) in [4.78, 5) is 2.55. The first-order chi connectivity index (χ1) is 9.62. The lowest BCUT2D eigenvalue weighted by atomic mass is 9.69. The summed E-state index contributed by atoms with van der Waals surface area (Å²) in [5, 5.41) is 3.43. The third-order valence-electron chi connectivity index (χ3n) is 5.19. The zero-order valence-electron chi connectivity index (χ0n) is 13.7. The molecule has 1 saturated carbocycles. The minimum atomic E-state index is 0.229. The van der Waals surface area contributed by atoms with Crippen molar-refractivity contribution in [1.29, 1.82) is 0 Å². The van der Waals surface area contributed by atoms with E-state index in [2.05, 4.69) is 24.2 Å². The molecule has 1 aliphatic heterocycles. The summed E-state index contributed by atoms with van der Waals surface area (Å²) in [5.41, 5.74) is 0.438. The van der Waals surface area contributed by atoms with Crippen LogP contribution in [0.25, 0.3) is 0 Å². The zero-order valence-corrected chi connectivity index (χ0v) is 13.7. The third kappa shape index (κ3) is 3.73. The molecule has 4 atom stereocenters. The predicted octanol–water partition coefficient (Wildman–Crippen LogP) is 1.75. The standard InChI is InChI=1S/C16H32N2O2/c1-13-6-5-7-16(8-13,11-17-2)12-18-9-14(19-3)15(10-18)20-4/h13-15,17H,5-12H2,1-4H3. The van der Waals surface area contributed by atoms with Gasteiger partial charge in [0.25, 0.3) is 0 Å². The van der Waals surface area contributed by atoms with Crippen LogP contribution in [0.5, 0.6) is 0 Å². The highest BCUT2D eigenvalue weighted by atomic mass is 16.5. The molecule has 2 aliphatic rings. The average Bonchev–Trinajstić information content (AvgIpc) is 2.80. The van der Waals surface area contributed by atoms with Gasteiger partial charge in [-0.1, -0.05) is 19.8 Å². The molecule has 0 radical (unpaired) electrons. The molecule has 0 aromatic rings. The van der Waals surface area contributed by atoms with Crippen LogP contribution < -0.4 is 5.32 Å². The van der Waals surface area contributed by atoms with Gasteiger partial charge in [-0.15, -0.1) is 0 Å². The van der Waals surface area contributed by atoms with E-state index in [1.54, 1.807) is 14.2 Å². The van der Waals surface area contributed by atoms with Gasteiger partial charge in [0.2, 0.25) is 0 Å². The van der Waals surface area contributed by atoms with Gasteiger partial charge in [0, 0.05) is 40.4 Å². The predicted molar refractivity (Wildman–Crippen MR) is 82.0 cm³/mol. The number of ether oxygens (including phenoxy) is 2. The minimum Gasteiger partial charge on any atom is -0.377 e. The Morgan fingerprint density at radius 1 is 1.20 bits per heavy atom. The molecule has 0 aromatic carbocycles. The lowest BCUT2D eigenvalue weighted by Crippen LogP contribution is -2.45. The number of nitrogens with zero attached hydrogens (tertiary/aromatic N) is 1. The van der Waals surface area contributed by atoms with Crippen LogP contribution in [-0.2, 0) is 9.47 Å². The largest absolute Gasteiger partial charge is 0.377 e. The first kappa shape index (κ1) is 16.2. The molecule has 1 saturated heterocycles. The van der Waals surface area contributed by atoms with Crippen LogP contribution >= 0.6 is 0 Å². The lowest BCUT2D eigenvalue weighted by molar-refractivity contribution is -0.00461. The second-order valence-corrected chi connectivity index (χ2v) is 6.97. The molecule has 0 spiro atoms. The van der Waals surface area contributed by atoms with Crippen molar-refractivity contribution in [3.63, 3.8) is 0 Å². The van der Waals surface area contributed by atoms with Crippen LogP contribution in [0.1, 0.15) is 32.6 Å². The first-order valence-corrected chi connectivity index (χ1v) is 8.05. The number of hydrogen-bond donors (Lipinski definition) is 1. The van der Waals surface area contributed by atoms with Crippen LogP contribution in [0.3, 0.4) is 0 Å². The van der Waals surface area contributed by atoms with Gasteiger partial charge in [-0.05, 0) is 31.2 Å². The summed E-state index contributed by atoms with van der Waals surface area (Å²) >= 11 is 0. The Bertz CT molecular complexity index is 284. The molecule has 1 heterocycles. The summed E-state index contributed by atoms with van der Waals surface area (Å²) in [7, 11) is 5.68. The van der Waals surface area contributed by atoms with Crippen molar-refractivity contribution in [2.75, 3.05) is 47.4 Å². The van der Waals surface area contributed by atoms with E-state index in [0.717, 1.165) is 25.6 Å². The van der Waals surface area contributed by atoms with Crippen molar-refractivity contribution in [3.8, 4) is 0 Å². The fourth-order valence-corrected chi connectivity index (χ4v) is 4.38. The molecule has 2 fully saturated rings. The molecule has 4 nitrogen and oxygen atoms in total. The number of hydrogen-bond acceptors (Lipinski definition) is 4. The van der Waals surface area contributed by atoms with E-state index in [0.29, 0.717) is 5.41 Å². The Kier molecular flexibility index (Phi) is 5.84. The van der Waals surface area contributed by atoms with Gasteiger partial charge in [-0.25, -0.2) is 0 Å². The fraction of sp³-hybridized carbons (Fsp3) is 1.00. The topological polar surface area (TPSA) is 33.7 Å². The van der Waals surface area contributed by atoms with E-state index in [9.17, 15) is 0 Å². The minimum absolute atomic E-state index is 0.229. The van der Waals surface area contributed by atoms with Crippen molar-refractivity contribution in [2.24, 2.45) is 11.3 Å². The molecule has 0 bridgehead atoms. The maximum absolute atomic E-state index is 5.57. The molecule has 0 aromatic heterocycles. The molecular weight excluding hydrogens is 252 g/mol. The Morgan fingerprint density at radius 3 is 2.35 bits per heavy atom. The summed E-state index contributed by atoms with van der Waals surface area (Å²) in [6, 6.07) is 0. The summed E-state index contributed by atoms with van der Waals surface area (Å²) in [6.45, 7) is 6.73. The van der Waals surface area contributed by atoms with Gasteiger partial charge in [0.05, 0.1) is 12.2 Å². The van der Waals surface area contributed by atoms with Crippen molar-refractivity contribution >= 4 is 0 Å². The maximum Gasteiger partial charge on any atom is 0.0971 e. The van der Waals surface area contributed by atoms with E-state index in [1.165, 1.54) is 32.2 Å². The zero-order chi connectivity index (χ0) is 14.6. The fourth-order valence-electron chi connectivity index (χ4n) is 4.38. The van der Waals surface area contributed by atoms with Gasteiger partial charge in [-0.3, -0.25) is 4.90 Å². The highest BCUT2D eigenvalue weighted by molar-refractivity contribution is 4.94. The first-order valence-electron chi connectivity index (χ1n) is 8.05. The third-order valence-corrected chi connectivity index (χ3v) is 5.19. The number of nitrogens with one attached hydrogen (secondary N) is 1. The van der Waals surface area contributed by atoms with Crippen molar-refractivity contribution in [1.82, 2.24) is 10.2 Å². The Morgan fingerprint density at radius 2 is 1.85 bits per heavy atom. The lowest BCUT2D eigenvalue weighted by Gasteiger charge is -2.42. The van der Waals surface area contributed by atoms with Crippen LogP contribution in [0, 0.1) is 11.3 Å². The quantitative estimate of drug-likeness (QED) is 0.806. The monoisotopic (exact) mass is 284 g/mol. The van der Waals surface area contributed by atoms with Crippen LogP contribution in [0.4, 0.5) is 0 Å². The van der Waals surface area contributed by atoms with Crippen LogP contribution in [0.15, 0.2) is 0 Å². The van der Waals surface area contributed by atoms with E-state index in [-0.39, 0.29) is 12.2 Å². The van der Waals surface area contributed by atoms with Gasteiger partial charge in [-0.2, -0.15) is 0 Å². The summed E-state index contributed by atoms with van der Waals surface area (Å²) in [5.74, 6) is 0.858. The highest BCUT2D eigenvalue weighted by Crippen LogP contribution is 2.40. The highest BCUT2D eigenvalue weighted by Gasteiger charge is 2.40. The summed E-state index contributed by atoms with van der Waals surface area (Å²) < 4.78 is 11.1.